The summed E-state index contributed by atoms with van der Waals surface area (Å²) in [5.74, 6) is -0.133. The van der Waals surface area contributed by atoms with Crippen molar-refractivity contribution in [2.45, 2.75) is 52.5 Å². The van der Waals surface area contributed by atoms with Gasteiger partial charge >= 0.3 is 0 Å². The zero-order valence-electron chi connectivity index (χ0n) is 15.4. The number of hydrogen-bond acceptors (Lipinski definition) is 2. The molecule has 0 N–H and O–H groups in total. The standard InChI is InChI=1S/C22H24N2OS/c1-3-12-24-19-11-8-15(2)13-20(19)26-22(24)23-21(25)18-10-9-16-6-4-5-7-17(16)14-18/h8-11,13-14H,3-7,12H2,1-2H3. The van der Waals surface area contributed by atoms with Crippen LogP contribution < -0.4 is 4.80 Å². The Hall–Kier alpha value is -2.20. The second kappa shape index (κ2) is 7.20. The lowest BCUT2D eigenvalue weighted by Gasteiger charge is -2.15. The summed E-state index contributed by atoms with van der Waals surface area (Å²) in [7, 11) is 0. The molecule has 0 fully saturated rings. The predicted molar refractivity (Wildman–Crippen MR) is 108 cm³/mol. The van der Waals surface area contributed by atoms with Crippen LogP contribution in [-0.4, -0.2) is 10.5 Å². The maximum Gasteiger partial charge on any atom is 0.279 e. The number of nitrogens with zero attached hydrogens (tertiary/aromatic N) is 2. The predicted octanol–water partition coefficient (Wildman–Crippen LogP) is 5.04. The third-order valence-corrected chi connectivity index (χ3v) is 6.12. The Morgan fingerprint density at radius 3 is 2.73 bits per heavy atom. The van der Waals surface area contributed by atoms with Crippen LogP contribution in [0, 0.1) is 6.92 Å². The number of aryl methyl sites for hydroxylation is 4. The van der Waals surface area contributed by atoms with Crippen LogP contribution in [0.5, 0.6) is 0 Å². The van der Waals surface area contributed by atoms with Crippen molar-refractivity contribution in [1.82, 2.24) is 4.57 Å². The van der Waals surface area contributed by atoms with Gasteiger partial charge in [0, 0.05) is 12.1 Å². The molecule has 0 aliphatic heterocycles. The molecule has 0 atom stereocenters. The van der Waals surface area contributed by atoms with Gasteiger partial charge in [-0.05, 0) is 80.0 Å². The molecule has 26 heavy (non-hydrogen) atoms. The minimum atomic E-state index is -0.133. The van der Waals surface area contributed by atoms with Crippen molar-refractivity contribution in [2.24, 2.45) is 4.99 Å². The third-order valence-electron chi connectivity index (χ3n) is 5.08. The van der Waals surface area contributed by atoms with Crippen molar-refractivity contribution >= 4 is 27.5 Å². The molecular weight excluding hydrogens is 340 g/mol. The van der Waals surface area contributed by atoms with Gasteiger partial charge in [-0.2, -0.15) is 4.99 Å². The lowest BCUT2D eigenvalue weighted by atomic mass is 9.90. The lowest BCUT2D eigenvalue weighted by Crippen LogP contribution is -2.17. The number of hydrogen-bond donors (Lipinski definition) is 0. The lowest BCUT2D eigenvalue weighted by molar-refractivity contribution is 0.0997. The van der Waals surface area contributed by atoms with E-state index >= 15 is 0 Å². The van der Waals surface area contributed by atoms with E-state index in [0.717, 1.165) is 30.6 Å². The zero-order valence-corrected chi connectivity index (χ0v) is 16.2. The average Bonchev–Trinajstić information content (AvgIpc) is 2.98. The molecule has 0 saturated carbocycles. The molecule has 3 nitrogen and oxygen atoms in total. The fourth-order valence-electron chi connectivity index (χ4n) is 3.72. The highest BCUT2D eigenvalue weighted by Crippen LogP contribution is 2.23. The van der Waals surface area contributed by atoms with E-state index in [0.29, 0.717) is 5.56 Å². The van der Waals surface area contributed by atoms with Gasteiger partial charge in [0.15, 0.2) is 4.80 Å². The molecule has 2 aromatic carbocycles. The summed E-state index contributed by atoms with van der Waals surface area (Å²) in [4.78, 5) is 18.1. The summed E-state index contributed by atoms with van der Waals surface area (Å²) in [5, 5.41) is 0. The molecule has 134 valence electrons. The normalized spacial score (nSPS) is 14.6. The van der Waals surface area contributed by atoms with Crippen LogP contribution in [0.1, 0.15) is 53.2 Å². The first kappa shape index (κ1) is 17.2. The van der Waals surface area contributed by atoms with Gasteiger partial charge in [-0.1, -0.05) is 30.4 Å². The van der Waals surface area contributed by atoms with Gasteiger partial charge < -0.3 is 4.57 Å². The molecule has 4 rings (SSSR count). The average molecular weight is 365 g/mol. The van der Waals surface area contributed by atoms with Gasteiger partial charge in [0.1, 0.15) is 0 Å². The summed E-state index contributed by atoms with van der Waals surface area (Å²) >= 11 is 1.61. The highest BCUT2D eigenvalue weighted by Gasteiger charge is 2.13. The van der Waals surface area contributed by atoms with Gasteiger partial charge in [0.05, 0.1) is 10.2 Å². The molecule has 0 bridgehead atoms. The van der Waals surface area contributed by atoms with E-state index in [1.165, 1.54) is 39.7 Å². The summed E-state index contributed by atoms with van der Waals surface area (Å²) < 4.78 is 3.37. The molecule has 0 radical (unpaired) electrons. The van der Waals surface area contributed by atoms with Crippen LogP contribution in [0.15, 0.2) is 41.4 Å². The molecular formula is C22H24N2OS. The van der Waals surface area contributed by atoms with E-state index in [9.17, 15) is 4.79 Å². The van der Waals surface area contributed by atoms with Crippen molar-refractivity contribution in [3.63, 3.8) is 0 Å². The van der Waals surface area contributed by atoms with Crippen LogP contribution in [-0.2, 0) is 19.4 Å². The second-order valence-corrected chi connectivity index (χ2v) is 8.12. The smallest absolute Gasteiger partial charge is 0.279 e. The van der Waals surface area contributed by atoms with E-state index in [4.69, 9.17) is 0 Å². The van der Waals surface area contributed by atoms with E-state index in [1.807, 2.05) is 6.07 Å². The molecule has 1 aromatic heterocycles. The summed E-state index contributed by atoms with van der Waals surface area (Å²) in [6.07, 6.45) is 5.69. The molecule has 0 spiro atoms. The molecule has 1 aliphatic rings. The van der Waals surface area contributed by atoms with E-state index in [1.54, 1.807) is 11.3 Å². The number of carbonyl (C=O) groups excluding carboxylic acids is 1. The van der Waals surface area contributed by atoms with Crippen molar-refractivity contribution in [3.8, 4) is 0 Å². The molecule has 0 unspecified atom stereocenters. The number of rotatable bonds is 3. The van der Waals surface area contributed by atoms with Crippen LogP contribution in [0.3, 0.4) is 0 Å². The Kier molecular flexibility index (Phi) is 4.77. The number of thiazole rings is 1. The van der Waals surface area contributed by atoms with Gasteiger partial charge in [-0.25, -0.2) is 0 Å². The first-order valence-corrected chi connectivity index (χ1v) is 10.3. The largest absolute Gasteiger partial charge is 0.316 e. The van der Waals surface area contributed by atoms with Crippen LogP contribution in [0.2, 0.25) is 0 Å². The summed E-state index contributed by atoms with van der Waals surface area (Å²) in [5.41, 5.74) is 5.83. The van der Waals surface area contributed by atoms with Gasteiger partial charge in [0.2, 0.25) is 0 Å². The summed E-state index contributed by atoms with van der Waals surface area (Å²) in [6, 6.07) is 12.6. The maximum absolute atomic E-state index is 12.8. The molecule has 0 saturated heterocycles. The first-order valence-electron chi connectivity index (χ1n) is 9.46. The number of benzene rings is 2. The van der Waals surface area contributed by atoms with Crippen molar-refractivity contribution in [3.05, 3.63) is 63.5 Å². The Labute approximate surface area is 158 Å². The number of carbonyl (C=O) groups is 1. The molecule has 3 aromatic rings. The fraction of sp³-hybridized carbons (Fsp3) is 0.364. The topological polar surface area (TPSA) is 34.4 Å². The SMILES string of the molecule is CCCn1c(=NC(=O)c2ccc3c(c2)CCCC3)sc2cc(C)ccc21. The Morgan fingerprint density at radius 1 is 1.12 bits per heavy atom. The monoisotopic (exact) mass is 364 g/mol. The summed E-state index contributed by atoms with van der Waals surface area (Å²) in [6.45, 7) is 5.12. The second-order valence-electron chi connectivity index (χ2n) is 7.12. The fourth-order valence-corrected chi connectivity index (χ4v) is 4.88. The van der Waals surface area contributed by atoms with Gasteiger partial charge in [-0.15, -0.1) is 0 Å². The number of fused-ring (bicyclic) bond motifs is 2. The van der Waals surface area contributed by atoms with Crippen molar-refractivity contribution in [2.75, 3.05) is 0 Å². The molecule has 4 heteroatoms. The molecule has 1 heterocycles. The first-order chi connectivity index (χ1) is 12.7. The number of aromatic nitrogens is 1. The van der Waals surface area contributed by atoms with Crippen LogP contribution >= 0.6 is 11.3 Å². The van der Waals surface area contributed by atoms with Crippen molar-refractivity contribution < 1.29 is 4.79 Å². The minimum Gasteiger partial charge on any atom is -0.316 e. The van der Waals surface area contributed by atoms with Gasteiger partial charge in [-0.3, -0.25) is 4.79 Å². The highest BCUT2D eigenvalue weighted by molar-refractivity contribution is 7.16. The third kappa shape index (κ3) is 3.26. The highest BCUT2D eigenvalue weighted by atomic mass is 32.1. The Morgan fingerprint density at radius 2 is 1.92 bits per heavy atom. The zero-order chi connectivity index (χ0) is 18.1. The quantitative estimate of drug-likeness (QED) is 0.641. The van der Waals surface area contributed by atoms with E-state index in [2.05, 4.69) is 53.7 Å². The minimum absolute atomic E-state index is 0.133. The molecule has 1 aliphatic carbocycles. The maximum atomic E-state index is 12.8. The van der Waals surface area contributed by atoms with Crippen LogP contribution in [0.4, 0.5) is 0 Å². The van der Waals surface area contributed by atoms with Crippen LogP contribution in [0.25, 0.3) is 10.2 Å². The van der Waals surface area contributed by atoms with E-state index < -0.39 is 0 Å². The number of amides is 1. The van der Waals surface area contributed by atoms with Crippen molar-refractivity contribution in [1.29, 1.82) is 0 Å². The Balaban J connectivity index is 1.77. The van der Waals surface area contributed by atoms with Gasteiger partial charge in [0.25, 0.3) is 5.91 Å². The van der Waals surface area contributed by atoms with E-state index in [-0.39, 0.29) is 5.91 Å². The molecule has 1 amide bonds. The Bertz CT molecular complexity index is 1040.